The van der Waals surface area contributed by atoms with Crippen LogP contribution in [0.25, 0.3) is 0 Å². The molecule has 2 rings (SSSR count). The van der Waals surface area contributed by atoms with Gasteiger partial charge in [-0.3, -0.25) is 5.41 Å². The summed E-state index contributed by atoms with van der Waals surface area (Å²) < 4.78 is 25.1. The number of hydrogen-bond acceptors (Lipinski definition) is 3. The van der Waals surface area contributed by atoms with Crippen LogP contribution in [0.1, 0.15) is 27.7 Å². The van der Waals surface area contributed by atoms with Crippen molar-refractivity contribution in [3.05, 3.63) is 12.2 Å². The predicted molar refractivity (Wildman–Crippen MR) is 65.2 cm³/mol. The Hall–Kier alpha value is -1.01. The standard InChI is InChI=1S/C11H16BFN2O2/c1-10(2)11(3,4)17-12(16-10)7-5-6-8(14)15-9(7)13/h5-7,14H,1-4H3. The molecule has 0 aromatic heterocycles. The fourth-order valence-electron chi connectivity index (χ4n) is 1.74. The van der Waals surface area contributed by atoms with Gasteiger partial charge in [-0.1, -0.05) is 6.08 Å². The third-order valence-corrected chi connectivity index (χ3v) is 3.53. The van der Waals surface area contributed by atoms with E-state index in [0.29, 0.717) is 0 Å². The Kier molecular flexibility index (Phi) is 2.74. The van der Waals surface area contributed by atoms with Crippen LogP contribution >= 0.6 is 0 Å². The summed E-state index contributed by atoms with van der Waals surface area (Å²) in [6.45, 7) is 7.65. The van der Waals surface area contributed by atoms with E-state index in [1.807, 2.05) is 27.7 Å². The maximum Gasteiger partial charge on any atom is 0.474 e. The summed E-state index contributed by atoms with van der Waals surface area (Å²) in [6.07, 6.45) is 3.02. The van der Waals surface area contributed by atoms with Crippen molar-refractivity contribution in [1.29, 1.82) is 5.41 Å². The highest BCUT2D eigenvalue weighted by atomic mass is 19.1. The Morgan fingerprint density at radius 3 is 2.29 bits per heavy atom. The summed E-state index contributed by atoms with van der Waals surface area (Å²) in [4.78, 5) is 3.49. The van der Waals surface area contributed by atoms with Gasteiger partial charge in [0.15, 0.2) is 5.97 Å². The fourth-order valence-corrected chi connectivity index (χ4v) is 1.74. The lowest BCUT2D eigenvalue weighted by Crippen LogP contribution is -2.41. The van der Waals surface area contributed by atoms with Gasteiger partial charge in [0.05, 0.1) is 17.0 Å². The molecule has 0 spiro atoms. The first-order valence-electron chi connectivity index (χ1n) is 5.59. The molecule has 92 valence electrons. The van der Waals surface area contributed by atoms with Crippen LogP contribution in [0.4, 0.5) is 4.39 Å². The zero-order chi connectivity index (χ0) is 12.8. The van der Waals surface area contributed by atoms with E-state index in [4.69, 9.17) is 14.7 Å². The molecule has 0 aliphatic carbocycles. The van der Waals surface area contributed by atoms with Crippen molar-refractivity contribution >= 4 is 18.9 Å². The van der Waals surface area contributed by atoms with Crippen molar-refractivity contribution in [2.75, 3.05) is 0 Å². The van der Waals surface area contributed by atoms with Gasteiger partial charge in [-0.05, 0) is 33.8 Å². The zero-order valence-corrected chi connectivity index (χ0v) is 10.5. The van der Waals surface area contributed by atoms with Gasteiger partial charge in [0.25, 0.3) is 0 Å². The van der Waals surface area contributed by atoms with E-state index in [0.717, 1.165) is 0 Å². The van der Waals surface area contributed by atoms with Crippen LogP contribution in [0.5, 0.6) is 0 Å². The number of nitrogens with one attached hydrogen (secondary N) is 1. The first-order chi connectivity index (χ1) is 7.73. The third-order valence-electron chi connectivity index (χ3n) is 3.53. The number of halogens is 1. The lowest BCUT2D eigenvalue weighted by atomic mass is 9.71. The van der Waals surface area contributed by atoms with Gasteiger partial charge in [0.1, 0.15) is 5.84 Å². The summed E-state index contributed by atoms with van der Waals surface area (Å²) in [5.74, 6) is -1.38. The predicted octanol–water partition coefficient (Wildman–Crippen LogP) is 2.36. The highest BCUT2D eigenvalue weighted by molar-refractivity contribution is 6.54. The van der Waals surface area contributed by atoms with Crippen LogP contribution in [0, 0.1) is 5.41 Å². The Morgan fingerprint density at radius 1 is 1.29 bits per heavy atom. The molecule has 17 heavy (non-hydrogen) atoms. The van der Waals surface area contributed by atoms with Gasteiger partial charge < -0.3 is 9.31 Å². The van der Waals surface area contributed by atoms with Gasteiger partial charge in [-0.15, -0.1) is 0 Å². The fraction of sp³-hybridized carbons (Fsp3) is 0.636. The van der Waals surface area contributed by atoms with Crippen molar-refractivity contribution in [3.63, 3.8) is 0 Å². The lowest BCUT2D eigenvalue weighted by Gasteiger charge is -2.32. The molecule has 1 atom stereocenters. The van der Waals surface area contributed by atoms with Gasteiger partial charge in [-0.2, -0.15) is 4.39 Å². The molecule has 0 saturated carbocycles. The van der Waals surface area contributed by atoms with E-state index in [1.54, 1.807) is 6.08 Å². The van der Waals surface area contributed by atoms with E-state index in [1.165, 1.54) is 6.08 Å². The van der Waals surface area contributed by atoms with E-state index in [9.17, 15) is 4.39 Å². The highest BCUT2D eigenvalue weighted by Crippen LogP contribution is 2.41. The van der Waals surface area contributed by atoms with Crippen LogP contribution in [0.15, 0.2) is 17.1 Å². The average molecular weight is 238 g/mol. The maximum absolute atomic E-state index is 13.7. The van der Waals surface area contributed by atoms with Crippen LogP contribution < -0.4 is 0 Å². The Morgan fingerprint density at radius 2 is 1.82 bits per heavy atom. The first kappa shape index (κ1) is 12.5. The molecule has 1 fully saturated rings. The largest absolute Gasteiger partial charge is 0.474 e. The topological polar surface area (TPSA) is 54.7 Å². The number of aliphatic imine (C=N–C) groups is 1. The van der Waals surface area contributed by atoms with Crippen LogP contribution in [0.3, 0.4) is 0 Å². The number of dihydropyridines is 1. The summed E-state index contributed by atoms with van der Waals surface area (Å²) >= 11 is 0. The summed E-state index contributed by atoms with van der Waals surface area (Å²) in [5.41, 5.74) is -0.979. The quantitative estimate of drug-likeness (QED) is 0.713. The van der Waals surface area contributed by atoms with Crippen LogP contribution in [-0.2, 0) is 9.31 Å². The molecule has 0 aromatic carbocycles. The van der Waals surface area contributed by atoms with E-state index in [-0.39, 0.29) is 5.84 Å². The van der Waals surface area contributed by atoms with Crippen molar-refractivity contribution in [3.8, 4) is 0 Å². The molecule has 2 aliphatic heterocycles. The van der Waals surface area contributed by atoms with Crippen LogP contribution in [-0.4, -0.2) is 30.1 Å². The van der Waals surface area contributed by atoms with Crippen molar-refractivity contribution < 1.29 is 13.7 Å². The molecule has 6 heteroatoms. The van der Waals surface area contributed by atoms with Crippen molar-refractivity contribution in [2.45, 2.75) is 44.7 Å². The zero-order valence-electron chi connectivity index (χ0n) is 10.5. The Balaban J connectivity index is 2.20. The highest BCUT2D eigenvalue weighted by Gasteiger charge is 2.54. The molecule has 4 nitrogen and oxygen atoms in total. The lowest BCUT2D eigenvalue weighted by molar-refractivity contribution is 0.00578. The monoisotopic (exact) mass is 238 g/mol. The molecule has 0 amide bonds. The molecular weight excluding hydrogens is 222 g/mol. The molecular formula is C11H16BFN2O2. The van der Waals surface area contributed by atoms with E-state index < -0.39 is 30.1 Å². The second-order valence-corrected chi connectivity index (χ2v) is 5.33. The minimum atomic E-state index is -0.687. The van der Waals surface area contributed by atoms with Crippen molar-refractivity contribution in [1.82, 2.24) is 0 Å². The summed E-state index contributed by atoms with van der Waals surface area (Å²) in [7, 11) is -0.687. The molecule has 1 saturated heterocycles. The average Bonchev–Trinajstić information content (AvgIpc) is 2.35. The second kappa shape index (κ2) is 3.75. The number of amidine groups is 1. The Labute approximate surface area is 101 Å². The number of rotatable bonds is 1. The Bertz CT molecular complexity index is 402. The molecule has 2 heterocycles. The minimum absolute atomic E-state index is 0.0877. The van der Waals surface area contributed by atoms with Crippen LogP contribution in [0.2, 0.25) is 5.82 Å². The molecule has 0 radical (unpaired) electrons. The smallest absolute Gasteiger partial charge is 0.403 e. The molecule has 0 aromatic rings. The second-order valence-electron chi connectivity index (χ2n) is 5.33. The number of allylic oxidation sites excluding steroid dienone is 1. The molecule has 2 aliphatic rings. The number of hydrogen-bond donors (Lipinski definition) is 1. The van der Waals surface area contributed by atoms with Crippen molar-refractivity contribution in [2.24, 2.45) is 4.99 Å². The summed E-state index contributed by atoms with van der Waals surface area (Å²) in [6, 6.07) is 0. The minimum Gasteiger partial charge on any atom is -0.403 e. The molecule has 1 unspecified atom stereocenters. The summed E-state index contributed by atoms with van der Waals surface area (Å²) in [5, 5.41) is 7.24. The first-order valence-corrected chi connectivity index (χ1v) is 5.59. The van der Waals surface area contributed by atoms with Gasteiger partial charge in [0.2, 0.25) is 0 Å². The third kappa shape index (κ3) is 2.07. The van der Waals surface area contributed by atoms with E-state index in [2.05, 4.69) is 4.99 Å². The number of nitrogens with zero attached hydrogens (tertiary/aromatic N) is 1. The molecule has 0 bridgehead atoms. The molecule has 1 N–H and O–H groups in total. The normalized spacial score (nSPS) is 30.6. The van der Waals surface area contributed by atoms with E-state index >= 15 is 0 Å². The van der Waals surface area contributed by atoms with Gasteiger partial charge >= 0.3 is 7.12 Å². The van der Waals surface area contributed by atoms with Gasteiger partial charge in [0, 0.05) is 0 Å². The SMILES string of the molecule is CC1(C)OB(C2C=CC(=N)N=C2F)OC1(C)C. The maximum atomic E-state index is 13.7. The van der Waals surface area contributed by atoms with Gasteiger partial charge in [-0.25, -0.2) is 4.99 Å².